The summed E-state index contributed by atoms with van der Waals surface area (Å²) < 4.78 is 5.52. The summed E-state index contributed by atoms with van der Waals surface area (Å²) in [6, 6.07) is 19.5. The number of urea groups is 1. The quantitative estimate of drug-likeness (QED) is 0.315. The molecular weight excluding hydrogens is 450 g/mol. The Bertz CT molecular complexity index is 1080. The molecule has 0 unspecified atom stereocenters. The van der Waals surface area contributed by atoms with Crippen molar-refractivity contribution in [2.24, 2.45) is 0 Å². The highest BCUT2D eigenvalue weighted by Crippen LogP contribution is 2.32. The normalized spacial score (nSPS) is 11.1. The molecule has 0 aliphatic carbocycles. The predicted molar refractivity (Wildman–Crippen MR) is 145 cm³/mol. The van der Waals surface area contributed by atoms with Gasteiger partial charge in [0.05, 0.1) is 12.8 Å². The Hall–Kier alpha value is -3.54. The van der Waals surface area contributed by atoms with Gasteiger partial charge in [-0.15, -0.1) is 0 Å². The molecule has 0 aliphatic rings. The number of rotatable bonds is 11. The van der Waals surface area contributed by atoms with Crippen molar-refractivity contribution >= 4 is 17.6 Å². The first kappa shape index (κ1) is 27.1. The predicted octanol–water partition coefficient (Wildman–Crippen LogP) is 7.00. The molecule has 1 N–H and O–H groups in total. The molecule has 3 rings (SSSR count). The molecule has 3 amide bonds. The first-order valence-electron chi connectivity index (χ1n) is 12.8. The fraction of sp³-hybridized carbons (Fsp3) is 0.400. The lowest BCUT2D eigenvalue weighted by molar-refractivity contribution is -0.133. The molecule has 1 aromatic heterocycles. The molecule has 1 heterocycles. The molecular formula is C30H39N3O3. The summed E-state index contributed by atoms with van der Waals surface area (Å²) >= 11 is 0. The number of hydrogen-bond acceptors (Lipinski definition) is 3. The minimum Gasteiger partial charge on any atom is -0.467 e. The van der Waals surface area contributed by atoms with Crippen molar-refractivity contribution in [2.75, 3.05) is 18.4 Å². The second-order valence-corrected chi connectivity index (χ2v) is 9.79. The molecule has 3 aromatic rings. The molecule has 2 aromatic carbocycles. The van der Waals surface area contributed by atoms with Gasteiger partial charge >= 0.3 is 6.03 Å². The maximum absolute atomic E-state index is 13.5. The van der Waals surface area contributed by atoms with Crippen LogP contribution < -0.4 is 5.32 Å². The largest absolute Gasteiger partial charge is 0.467 e. The van der Waals surface area contributed by atoms with Gasteiger partial charge in [0.15, 0.2) is 0 Å². The number of nitrogens with one attached hydrogen (secondary N) is 1. The average molecular weight is 490 g/mol. The standard InChI is InChI=1S/C30H39N3O3/c1-6-17-32(30(35)31-29-26(22(2)3)15-10-16-27(29)23(4)5)21-28(34)33(20-25-14-11-18-36-25)19-24-12-8-7-9-13-24/h7-16,18,22-23H,6,17,19-21H2,1-5H3,(H,31,35). The van der Waals surface area contributed by atoms with Gasteiger partial charge in [0.25, 0.3) is 0 Å². The Morgan fingerprint density at radius 2 is 1.50 bits per heavy atom. The summed E-state index contributed by atoms with van der Waals surface area (Å²) in [5.41, 5.74) is 4.08. The van der Waals surface area contributed by atoms with Crippen LogP contribution in [0, 0.1) is 0 Å². The summed E-state index contributed by atoms with van der Waals surface area (Å²) in [6.45, 7) is 11.8. The van der Waals surface area contributed by atoms with Crippen molar-refractivity contribution in [3.8, 4) is 0 Å². The van der Waals surface area contributed by atoms with E-state index in [1.165, 1.54) is 0 Å². The third-order valence-electron chi connectivity index (χ3n) is 6.21. The number of carbonyl (C=O) groups is 2. The SMILES string of the molecule is CCCN(CC(=O)N(Cc1ccccc1)Cc1ccco1)C(=O)Nc1c(C(C)C)cccc1C(C)C. The van der Waals surface area contributed by atoms with E-state index in [4.69, 9.17) is 4.42 Å². The van der Waals surface area contributed by atoms with Crippen LogP contribution in [-0.4, -0.2) is 34.8 Å². The van der Waals surface area contributed by atoms with Crippen LogP contribution in [0.4, 0.5) is 10.5 Å². The van der Waals surface area contributed by atoms with Gasteiger partial charge in [0, 0.05) is 18.8 Å². The molecule has 0 saturated carbocycles. The van der Waals surface area contributed by atoms with Crippen molar-refractivity contribution < 1.29 is 14.0 Å². The number of nitrogens with zero attached hydrogens (tertiary/aromatic N) is 2. The molecule has 6 nitrogen and oxygen atoms in total. The highest BCUT2D eigenvalue weighted by Gasteiger charge is 2.24. The van der Waals surface area contributed by atoms with Crippen molar-refractivity contribution in [1.82, 2.24) is 9.80 Å². The Kier molecular flexibility index (Phi) is 9.74. The van der Waals surface area contributed by atoms with Gasteiger partial charge in [-0.25, -0.2) is 4.79 Å². The first-order chi connectivity index (χ1) is 17.3. The lowest BCUT2D eigenvalue weighted by Gasteiger charge is -2.28. The molecule has 0 radical (unpaired) electrons. The van der Waals surface area contributed by atoms with E-state index < -0.39 is 0 Å². The van der Waals surface area contributed by atoms with E-state index in [2.05, 4.69) is 45.1 Å². The smallest absolute Gasteiger partial charge is 0.322 e. The van der Waals surface area contributed by atoms with Crippen LogP contribution in [0.15, 0.2) is 71.3 Å². The van der Waals surface area contributed by atoms with Crippen LogP contribution in [0.2, 0.25) is 0 Å². The summed E-state index contributed by atoms with van der Waals surface area (Å²) in [7, 11) is 0. The zero-order valence-corrected chi connectivity index (χ0v) is 22.2. The maximum atomic E-state index is 13.5. The van der Waals surface area contributed by atoms with Crippen LogP contribution >= 0.6 is 0 Å². The Labute approximate surface area is 215 Å². The topological polar surface area (TPSA) is 65.8 Å². The van der Waals surface area contributed by atoms with Gasteiger partial charge in [-0.1, -0.05) is 83.1 Å². The average Bonchev–Trinajstić information content (AvgIpc) is 3.37. The van der Waals surface area contributed by atoms with E-state index in [1.807, 2.05) is 55.5 Å². The van der Waals surface area contributed by atoms with Crippen LogP contribution in [-0.2, 0) is 17.9 Å². The number of hydrogen-bond donors (Lipinski definition) is 1. The third-order valence-corrected chi connectivity index (χ3v) is 6.21. The molecule has 6 heteroatoms. The summed E-state index contributed by atoms with van der Waals surface area (Å²) in [5, 5.41) is 3.16. The zero-order chi connectivity index (χ0) is 26.1. The molecule has 0 fully saturated rings. The molecule has 0 atom stereocenters. The summed E-state index contributed by atoms with van der Waals surface area (Å²) in [6.07, 6.45) is 2.36. The van der Waals surface area contributed by atoms with Crippen LogP contribution in [0.5, 0.6) is 0 Å². The minimum atomic E-state index is -0.252. The molecule has 0 spiro atoms. The number of amides is 3. The summed E-state index contributed by atoms with van der Waals surface area (Å²) in [4.78, 5) is 30.4. The van der Waals surface area contributed by atoms with E-state index in [-0.39, 0.29) is 30.3 Å². The van der Waals surface area contributed by atoms with Gasteiger partial charge in [-0.3, -0.25) is 4.79 Å². The highest BCUT2D eigenvalue weighted by atomic mass is 16.3. The second kappa shape index (κ2) is 13.0. The van der Waals surface area contributed by atoms with Crippen LogP contribution in [0.3, 0.4) is 0 Å². The van der Waals surface area contributed by atoms with E-state index in [9.17, 15) is 9.59 Å². The van der Waals surface area contributed by atoms with Gasteiger partial charge in [0.1, 0.15) is 12.3 Å². The van der Waals surface area contributed by atoms with E-state index in [1.54, 1.807) is 16.1 Å². The summed E-state index contributed by atoms with van der Waals surface area (Å²) in [5.74, 6) is 1.10. The zero-order valence-electron chi connectivity index (χ0n) is 22.2. The monoisotopic (exact) mass is 489 g/mol. The molecule has 0 saturated heterocycles. The minimum absolute atomic E-state index is 0.00588. The van der Waals surface area contributed by atoms with Gasteiger partial charge < -0.3 is 19.5 Å². The molecule has 0 bridgehead atoms. The lowest BCUT2D eigenvalue weighted by Crippen LogP contribution is -2.44. The van der Waals surface area contributed by atoms with Gasteiger partial charge in [-0.05, 0) is 47.1 Å². The van der Waals surface area contributed by atoms with Crippen LogP contribution in [0.1, 0.15) is 75.3 Å². The number of furan rings is 1. The first-order valence-corrected chi connectivity index (χ1v) is 12.8. The number of benzene rings is 2. The van der Waals surface area contributed by atoms with E-state index in [0.29, 0.717) is 25.4 Å². The van der Waals surface area contributed by atoms with Gasteiger partial charge in [0.2, 0.25) is 5.91 Å². The molecule has 0 aliphatic heterocycles. The van der Waals surface area contributed by atoms with E-state index in [0.717, 1.165) is 28.8 Å². The Morgan fingerprint density at radius 3 is 2.06 bits per heavy atom. The van der Waals surface area contributed by atoms with Crippen molar-refractivity contribution in [3.05, 3.63) is 89.4 Å². The fourth-order valence-corrected chi connectivity index (χ4v) is 4.29. The van der Waals surface area contributed by atoms with Crippen LogP contribution in [0.25, 0.3) is 0 Å². The highest BCUT2D eigenvalue weighted by molar-refractivity contribution is 5.94. The number of para-hydroxylation sites is 1. The number of carbonyl (C=O) groups excluding carboxylic acids is 2. The Balaban J connectivity index is 1.82. The van der Waals surface area contributed by atoms with Crippen molar-refractivity contribution in [1.29, 1.82) is 0 Å². The fourth-order valence-electron chi connectivity index (χ4n) is 4.29. The Morgan fingerprint density at radius 1 is 0.833 bits per heavy atom. The molecule has 192 valence electrons. The van der Waals surface area contributed by atoms with E-state index >= 15 is 0 Å². The maximum Gasteiger partial charge on any atom is 0.322 e. The van der Waals surface area contributed by atoms with Crippen molar-refractivity contribution in [3.63, 3.8) is 0 Å². The second-order valence-electron chi connectivity index (χ2n) is 9.79. The lowest BCUT2D eigenvalue weighted by atomic mass is 9.93. The van der Waals surface area contributed by atoms with Crippen molar-refractivity contribution in [2.45, 2.75) is 66.0 Å². The number of anilines is 1. The van der Waals surface area contributed by atoms with Gasteiger partial charge in [-0.2, -0.15) is 0 Å². The molecule has 36 heavy (non-hydrogen) atoms. The third kappa shape index (κ3) is 7.23.